The summed E-state index contributed by atoms with van der Waals surface area (Å²) >= 11 is 0. The summed E-state index contributed by atoms with van der Waals surface area (Å²) in [6.45, 7) is 13.3. The lowest BCUT2D eigenvalue weighted by Crippen LogP contribution is -2.29. The molecule has 1 fully saturated rings. The normalized spacial score (nSPS) is 20.6. The monoisotopic (exact) mass is 433 g/mol. The highest BCUT2D eigenvalue weighted by atomic mass is 16.4. The largest absolute Gasteiger partial charge is 0.478 e. The number of rotatable bonds is 5. The highest BCUT2D eigenvalue weighted by Gasteiger charge is 2.35. The maximum atomic E-state index is 11.7. The number of aryl methyl sites for hydroxylation is 1. The van der Waals surface area contributed by atoms with Crippen molar-refractivity contribution >= 4 is 28.6 Å². The zero-order valence-corrected chi connectivity index (χ0v) is 20.1. The lowest BCUT2D eigenvalue weighted by molar-refractivity contribution is 0.0696. The molecule has 170 valence electrons. The number of benzene rings is 2. The average molecular weight is 434 g/mol. The zero-order chi connectivity index (χ0) is 23.2. The van der Waals surface area contributed by atoms with Crippen LogP contribution in [0.25, 0.3) is 11.0 Å². The van der Waals surface area contributed by atoms with Gasteiger partial charge in [-0.25, -0.2) is 9.78 Å². The van der Waals surface area contributed by atoms with Crippen LogP contribution in [-0.4, -0.2) is 20.6 Å². The summed E-state index contributed by atoms with van der Waals surface area (Å²) in [7, 11) is 0. The SMILES string of the molecule is Cc1c(C(=O)O)ccc2c1nc(Nc1ccc(C(C)C)cc1)n2[C@H]1C[C@@H](C)CC(C)(C)C1. The number of hydrogen-bond acceptors (Lipinski definition) is 3. The van der Waals surface area contributed by atoms with Crippen LogP contribution in [0, 0.1) is 18.3 Å². The molecule has 1 aliphatic rings. The minimum absolute atomic E-state index is 0.255. The average Bonchev–Trinajstić information content (AvgIpc) is 3.05. The number of nitrogens with one attached hydrogen (secondary N) is 1. The summed E-state index contributed by atoms with van der Waals surface area (Å²) in [6, 6.07) is 12.5. The van der Waals surface area contributed by atoms with E-state index in [0.29, 0.717) is 23.4 Å². The Hall–Kier alpha value is -2.82. The first-order valence-electron chi connectivity index (χ1n) is 11.7. The third kappa shape index (κ3) is 4.25. The molecule has 0 spiro atoms. The Kier molecular flexibility index (Phi) is 5.78. The van der Waals surface area contributed by atoms with Crippen LogP contribution in [0.1, 0.15) is 87.3 Å². The van der Waals surface area contributed by atoms with Crippen molar-refractivity contribution in [1.29, 1.82) is 0 Å². The molecule has 32 heavy (non-hydrogen) atoms. The van der Waals surface area contributed by atoms with Crippen LogP contribution < -0.4 is 5.32 Å². The molecule has 1 saturated carbocycles. The zero-order valence-electron chi connectivity index (χ0n) is 20.1. The van der Waals surface area contributed by atoms with E-state index in [-0.39, 0.29) is 5.41 Å². The number of carboxylic acids is 1. The fourth-order valence-electron chi connectivity index (χ4n) is 5.56. The number of aromatic carboxylic acids is 1. The van der Waals surface area contributed by atoms with Gasteiger partial charge in [-0.2, -0.15) is 0 Å². The third-order valence-corrected chi connectivity index (χ3v) is 6.91. The lowest BCUT2D eigenvalue weighted by atomic mass is 9.70. The molecule has 2 atom stereocenters. The molecule has 0 amide bonds. The standard InChI is InChI=1S/C27H35N3O2/c1-16(2)19-7-9-20(10-8-19)28-26-29-24-18(4)22(25(31)32)11-12-23(24)30(26)21-13-17(3)14-27(5,6)15-21/h7-12,16-17,21H,13-15H2,1-6H3,(H,28,29)(H,31,32)/t17-,21+/m1/s1. The van der Waals surface area contributed by atoms with Crippen molar-refractivity contribution in [3.8, 4) is 0 Å². The predicted octanol–water partition coefficient (Wildman–Crippen LogP) is 7.30. The molecule has 0 bridgehead atoms. The minimum atomic E-state index is -0.912. The van der Waals surface area contributed by atoms with Crippen molar-refractivity contribution in [3.63, 3.8) is 0 Å². The van der Waals surface area contributed by atoms with Crippen molar-refractivity contribution < 1.29 is 9.90 Å². The Labute approximate surface area is 190 Å². The summed E-state index contributed by atoms with van der Waals surface area (Å²) in [5.74, 6) is 0.985. The third-order valence-electron chi connectivity index (χ3n) is 6.91. The van der Waals surface area contributed by atoms with Gasteiger partial charge in [0, 0.05) is 11.7 Å². The van der Waals surface area contributed by atoms with Crippen molar-refractivity contribution in [2.75, 3.05) is 5.32 Å². The molecule has 0 aliphatic heterocycles. The van der Waals surface area contributed by atoms with E-state index in [1.165, 1.54) is 12.0 Å². The quantitative estimate of drug-likeness (QED) is 0.443. The Morgan fingerprint density at radius 1 is 1.16 bits per heavy atom. The van der Waals surface area contributed by atoms with Crippen molar-refractivity contribution in [1.82, 2.24) is 9.55 Å². The van der Waals surface area contributed by atoms with Gasteiger partial charge in [0.15, 0.2) is 0 Å². The molecule has 0 radical (unpaired) electrons. The predicted molar refractivity (Wildman–Crippen MR) is 131 cm³/mol. The van der Waals surface area contributed by atoms with Gasteiger partial charge in [-0.3, -0.25) is 0 Å². The van der Waals surface area contributed by atoms with Gasteiger partial charge in [-0.15, -0.1) is 0 Å². The molecule has 2 aromatic carbocycles. The number of carbonyl (C=O) groups is 1. The van der Waals surface area contributed by atoms with E-state index in [1.54, 1.807) is 6.07 Å². The number of nitrogens with zero attached hydrogens (tertiary/aromatic N) is 2. The van der Waals surface area contributed by atoms with Crippen molar-refractivity contribution in [2.45, 2.75) is 72.8 Å². The van der Waals surface area contributed by atoms with Crippen LogP contribution in [0.2, 0.25) is 0 Å². The molecule has 1 aliphatic carbocycles. The summed E-state index contributed by atoms with van der Waals surface area (Å²) in [4.78, 5) is 16.7. The number of anilines is 2. The van der Waals surface area contributed by atoms with Gasteiger partial charge in [-0.1, -0.05) is 46.8 Å². The van der Waals surface area contributed by atoms with Crippen LogP contribution >= 0.6 is 0 Å². The maximum Gasteiger partial charge on any atom is 0.336 e. The number of carboxylic acid groups (broad SMARTS) is 1. The van der Waals surface area contributed by atoms with E-state index in [0.717, 1.165) is 41.1 Å². The van der Waals surface area contributed by atoms with E-state index in [2.05, 4.69) is 68.8 Å². The number of fused-ring (bicyclic) bond motifs is 1. The Bertz CT molecular complexity index is 1140. The van der Waals surface area contributed by atoms with Crippen molar-refractivity contribution in [2.24, 2.45) is 11.3 Å². The van der Waals surface area contributed by atoms with Crippen LogP contribution in [-0.2, 0) is 0 Å². The fraction of sp³-hybridized carbons (Fsp3) is 0.481. The van der Waals surface area contributed by atoms with Gasteiger partial charge in [0.05, 0.1) is 16.6 Å². The van der Waals surface area contributed by atoms with E-state index < -0.39 is 5.97 Å². The summed E-state index contributed by atoms with van der Waals surface area (Å²) in [5, 5.41) is 13.2. The summed E-state index contributed by atoms with van der Waals surface area (Å²) < 4.78 is 2.32. The topological polar surface area (TPSA) is 67.2 Å². The Balaban J connectivity index is 1.83. The first-order valence-corrected chi connectivity index (χ1v) is 11.7. The number of hydrogen-bond donors (Lipinski definition) is 2. The molecule has 5 nitrogen and oxygen atoms in total. The second-order valence-electron chi connectivity index (χ2n) is 10.7. The molecule has 4 rings (SSSR count). The van der Waals surface area contributed by atoms with Crippen LogP contribution in [0.15, 0.2) is 36.4 Å². The Morgan fingerprint density at radius 3 is 2.44 bits per heavy atom. The maximum absolute atomic E-state index is 11.7. The minimum Gasteiger partial charge on any atom is -0.478 e. The van der Waals surface area contributed by atoms with Crippen molar-refractivity contribution in [3.05, 3.63) is 53.1 Å². The highest BCUT2D eigenvalue weighted by Crippen LogP contribution is 2.46. The molecule has 0 unspecified atom stereocenters. The van der Waals surface area contributed by atoms with Crippen LogP contribution in [0.5, 0.6) is 0 Å². The number of aromatic nitrogens is 2. The first-order chi connectivity index (χ1) is 15.1. The first kappa shape index (κ1) is 22.4. The van der Waals surface area contributed by atoms with E-state index in [9.17, 15) is 9.90 Å². The van der Waals surface area contributed by atoms with Crippen LogP contribution in [0.4, 0.5) is 11.6 Å². The van der Waals surface area contributed by atoms with E-state index in [1.807, 2.05) is 13.0 Å². The molecule has 3 aromatic rings. The molecular weight excluding hydrogens is 398 g/mol. The van der Waals surface area contributed by atoms with Gasteiger partial charge in [0.25, 0.3) is 0 Å². The second kappa shape index (κ2) is 8.27. The molecule has 1 heterocycles. The van der Waals surface area contributed by atoms with Gasteiger partial charge < -0.3 is 15.0 Å². The van der Waals surface area contributed by atoms with E-state index >= 15 is 0 Å². The lowest BCUT2D eigenvalue weighted by Gasteiger charge is -2.40. The number of imidazole rings is 1. The van der Waals surface area contributed by atoms with Gasteiger partial charge in [0.2, 0.25) is 5.95 Å². The van der Waals surface area contributed by atoms with Crippen LogP contribution in [0.3, 0.4) is 0 Å². The smallest absolute Gasteiger partial charge is 0.336 e. The van der Waals surface area contributed by atoms with E-state index in [4.69, 9.17) is 4.98 Å². The summed E-state index contributed by atoms with van der Waals surface area (Å²) in [6.07, 6.45) is 3.39. The second-order valence-corrected chi connectivity index (χ2v) is 10.7. The fourth-order valence-corrected chi connectivity index (χ4v) is 5.56. The molecule has 5 heteroatoms. The van der Waals surface area contributed by atoms with Gasteiger partial charge in [-0.05, 0) is 78.8 Å². The molecule has 2 N–H and O–H groups in total. The molecule has 1 aromatic heterocycles. The Morgan fingerprint density at radius 2 is 1.84 bits per heavy atom. The molecule has 0 saturated heterocycles. The highest BCUT2D eigenvalue weighted by molar-refractivity contribution is 5.96. The molecular formula is C27H35N3O2. The summed E-state index contributed by atoms with van der Waals surface area (Å²) in [5.41, 5.74) is 5.35. The van der Waals surface area contributed by atoms with Gasteiger partial charge in [0.1, 0.15) is 0 Å². The van der Waals surface area contributed by atoms with Gasteiger partial charge >= 0.3 is 5.97 Å².